The molecule has 1 aromatic rings. The lowest BCUT2D eigenvalue weighted by Gasteiger charge is -2.33. The number of likely N-dealkylation sites (tertiary alicyclic amines) is 1. The van der Waals surface area contributed by atoms with E-state index in [4.69, 9.17) is 0 Å². The van der Waals surface area contributed by atoms with Crippen LogP contribution in [-0.4, -0.2) is 43.0 Å². The van der Waals surface area contributed by atoms with Crippen LogP contribution >= 0.6 is 28.3 Å². The van der Waals surface area contributed by atoms with E-state index < -0.39 is 0 Å². The van der Waals surface area contributed by atoms with Crippen molar-refractivity contribution >= 4 is 34.2 Å². The van der Waals surface area contributed by atoms with Crippen molar-refractivity contribution in [1.82, 2.24) is 15.5 Å². The molecule has 0 spiro atoms. The van der Waals surface area contributed by atoms with E-state index in [1.807, 2.05) is 6.07 Å². The van der Waals surface area contributed by atoms with Gasteiger partial charge >= 0.3 is 0 Å². The second-order valence-electron chi connectivity index (χ2n) is 6.92. The SMILES string of the molecule is Cl.O=C(NCC1CCCN(Cc2cc(F)cc(Br)c2)C1)C1CCCN1. The molecule has 2 N–H and O–H groups in total. The van der Waals surface area contributed by atoms with E-state index in [9.17, 15) is 9.18 Å². The number of benzene rings is 1. The highest BCUT2D eigenvalue weighted by Gasteiger charge is 2.24. The van der Waals surface area contributed by atoms with Crippen molar-refractivity contribution in [3.8, 4) is 0 Å². The number of rotatable bonds is 5. The average Bonchev–Trinajstić information content (AvgIpc) is 3.06. The van der Waals surface area contributed by atoms with Gasteiger partial charge in [0.05, 0.1) is 6.04 Å². The van der Waals surface area contributed by atoms with Gasteiger partial charge in [-0.15, -0.1) is 12.4 Å². The van der Waals surface area contributed by atoms with Gasteiger partial charge < -0.3 is 10.6 Å². The molecule has 0 bridgehead atoms. The number of piperidine rings is 1. The van der Waals surface area contributed by atoms with Gasteiger partial charge in [0.1, 0.15) is 5.82 Å². The van der Waals surface area contributed by atoms with Crippen LogP contribution in [0.25, 0.3) is 0 Å². The first-order valence-electron chi connectivity index (χ1n) is 8.78. The first-order valence-corrected chi connectivity index (χ1v) is 9.58. The van der Waals surface area contributed by atoms with Crippen LogP contribution in [0.5, 0.6) is 0 Å². The van der Waals surface area contributed by atoms with Gasteiger partial charge in [-0.3, -0.25) is 9.69 Å². The van der Waals surface area contributed by atoms with E-state index in [-0.39, 0.29) is 30.2 Å². The van der Waals surface area contributed by atoms with Crippen molar-refractivity contribution in [1.29, 1.82) is 0 Å². The molecule has 3 rings (SSSR count). The van der Waals surface area contributed by atoms with Crippen LogP contribution in [0.3, 0.4) is 0 Å². The zero-order chi connectivity index (χ0) is 16.9. The van der Waals surface area contributed by atoms with E-state index in [1.54, 1.807) is 6.07 Å². The van der Waals surface area contributed by atoms with Gasteiger partial charge in [-0.05, 0) is 68.5 Å². The van der Waals surface area contributed by atoms with Crippen LogP contribution in [0.1, 0.15) is 31.2 Å². The molecular weight excluding hydrogens is 409 g/mol. The lowest BCUT2D eigenvalue weighted by molar-refractivity contribution is -0.123. The second-order valence-corrected chi connectivity index (χ2v) is 7.83. The number of nitrogens with one attached hydrogen (secondary N) is 2. The molecule has 0 aliphatic carbocycles. The first-order chi connectivity index (χ1) is 11.6. The molecule has 2 aliphatic heterocycles. The van der Waals surface area contributed by atoms with E-state index in [0.29, 0.717) is 5.92 Å². The van der Waals surface area contributed by atoms with Crippen LogP contribution in [-0.2, 0) is 11.3 Å². The molecule has 2 atom stereocenters. The highest BCUT2D eigenvalue weighted by atomic mass is 79.9. The molecule has 2 aliphatic rings. The molecule has 1 amide bonds. The number of amides is 1. The maximum absolute atomic E-state index is 13.5. The van der Waals surface area contributed by atoms with E-state index in [1.165, 1.54) is 6.07 Å². The Labute approximate surface area is 163 Å². The summed E-state index contributed by atoms with van der Waals surface area (Å²) in [6.45, 7) is 4.42. The molecule has 140 valence electrons. The Morgan fingerprint density at radius 2 is 2.16 bits per heavy atom. The number of hydrogen-bond acceptors (Lipinski definition) is 3. The van der Waals surface area contributed by atoms with Crippen LogP contribution in [0.4, 0.5) is 4.39 Å². The summed E-state index contributed by atoms with van der Waals surface area (Å²) in [5, 5.41) is 6.34. The number of carbonyl (C=O) groups is 1. The monoisotopic (exact) mass is 433 g/mol. The third kappa shape index (κ3) is 6.20. The molecular formula is C18H26BrClFN3O. The van der Waals surface area contributed by atoms with Crippen molar-refractivity contribution in [3.05, 3.63) is 34.1 Å². The summed E-state index contributed by atoms with van der Waals surface area (Å²) in [7, 11) is 0. The lowest BCUT2D eigenvalue weighted by atomic mass is 9.97. The van der Waals surface area contributed by atoms with Gasteiger partial charge in [0.15, 0.2) is 0 Å². The lowest BCUT2D eigenvalue weighted by Crippen LogP contribution is -2.45. The Morgan fingerprint density at radius 1 is 1.32 bits per heavy atom. The maximum Gasteiger partial charge on any atom is 0.237 e. The maximum atomic E-state index is 13.5. The number of halogens is 3. The average molecular weight is 435 g/mol. The Hall–Kier alpha value is -0.690. The van der Waals surface area contributed by atoms with Gasteiger partial charge in [0.2, 0.25) is 5.91 Å². The van der Waals surface area contributed by atoms with E-state index in [2.05, 4.69) is 31.5 Å². The summed E-state index contributed by atoms with van der Waals surface area (Å²) in [5.41, 5.74) is 0.988. The number of hydrogen-bond donors (Lipinski definition) is 2. The minimum Gasteiger partial charge on any atom is -0.354 e. The summed E-state index contributed by atoms with van der Waals surface area (Å²) in [4.78, 5) is 14.5. The predicted molar refractivity (Wildman–Crippen MR) is 103 cm³/mol. The summed E-state index contributed by atoms with van der Waals surface area (Å²) in [5.74, 6) is 0.407. The molecule has 2 unspecified atom stereocenters. The minimum atomic E-state index is -0.204. The highest BCUT2D eigenvalue weighted by Crippen LogP contribution is 2.21. The number of carbonyl (C=O) groups excluding carboxylic acids is 1. The van der Waals surface area contributed by atoms with E-state index >= 15 is 0 Å². The van der Waals surface area contributed by atoms with Crippen LogP contribution < -0.4 is 10.6 Å². The molecule has 0 radical (unpaired) electrons. The van der Waals surface area contributed by atoms with Crippen LogP contribution in [0.15, 0.2) is 22.7 Å². The summed E-state index contributed by atoms with van der Waals surface area (Å²) in [6, 6.07) is 5.05. The normalized spacial score (nSPS) is 23.9. The van der Waals surface area contributed by atoms with Gasteiger partial charge in [-0.2, -0.15) is 0 Å². The Balaban J connectivity index is 0.00000225. The van der Waals surface area contributed by atoms with Gasteiger partial charge in [0.25, 0.3) is 0 Å². The summed E-state index contributed by atoms with van der Waals surface area (Å²) in [6.07, 6.45) is 4.29. The molecule has 25 heavy (non-hydrogen) atoms. The molecule has 2 saturated heterocycles. The van der Waals surface area contributed by atoms with Gasteiger partial charge in [0, 0.05) is 24.1 Å². The van der Waals surface area contributed by atoms with Crippen LogP contribution in [0.2, 0.25) is 0 Å². The molecule has 0 aromatic heterocycles. The third-order valence-electron chi connectivity index (χ3n) is 4.87. The molecule has 2 fully saturated rings. The smallest absolute Gasteiger partial charge is 0.237 e. The molecule has 1 aromatic carbocycles. The van der Waals surface area contributed by atoms with Crippen molar-refractivity contribution in [2.75, 3.05) is 26.2 Å². The Kier molecular flexibility index (Phi) is 8.13. The minimum absolute atomic E-state index is 0. The molecule has 7 heteroatoms. The topological polar surface area (TPSA) is 44.4 Å². The number of nitrogens with zero attached hydrogens (tertiary/aromatic N) is 1. The zero-order valence-electron chi connectivity index (χ0n) is 14.3. The van der Waals surface area contributed by atoms with Crippen LogP contribution in [0, 0.1) is 11.7 Å². The molecule has 2 heterocycles. The summed E-state index contributed by atoms with van der Waals surface area (Å²) < 4.78 is 14.3. The van der Waals surface area contributed by atoms with E-state index in [0.717, 1.165) is 68.4 Å². The summed E-state index contributed by atoms with van der Waals surface area (Å²) >= 11 is 3.35. The fourth-order valence-corrected chi connectivity index (χ4v) is 4.21. The fourth-order valence-electron chi connectivity index (χ4n) is 3.70. The zero-order valence-corrected chi connectivity index (χ0v) is 16.7. The largest absolute Gasteiger partial charge is 0.354 e. The quantitative estimate of drug-likeness (QED) is 0.748. The second kappa shape index (κ2) is 9.86. The third-order valence-corrected chi connectivity index (χ3v) is 5.33. The van der Waals surface area contributed by atoms with Crippen molar-refractivity contribution in [2.45, 2.75) is 38.3 Å². The fraction of sp³-hybridized carbons (Fsp3) is 0.611. The van der Waals surface area contributed by atoms with Crippen molar-refractivity contribution in [2.24, 2.45) is 5.92 Å². The molecule has 0 saturated carbocycles. The predicted octanol–water partition coefficient (Wildman–Crippen LogP) is 3.09. The van der Waals surface area contributed by atoms with Crippen molar-refractivity contribution in [3.63, 3.8) is 0 Å². The van der Waals surface area contributed by atoms with Gasteiger partial charge in [-0.1, -0.05) is 15.9 Å². The standard InChI is InChI=1S/C18H25BrFN3O.ClH/c19-15-7-14(8-16(20)9-15)12-23-6-2-3-13(11-23)10-22-18(24)17-4-1-5-21-17;/h7-9,13,17,21H,1-6,10-12H2,(H,22,24);1H. The highest BCUT2D eigenvalue weighted by molar-refractivity contribution is 9.10. The first kappa shape index (κ1) is 20.6. The van der Waals surface area contributed by atoms with Crippen molar-refractivity contribution < 1.29 is 9.18 Å². The van der Waals surface area contributed by atoms with Gasteiger partial charge in [-0.25, -0.2) is 4.39 Å². The Morgan fingerprint density at radius 3 is 2.88 bits per heavy atom. The Bertz CT molecular complexity index is 563. The molecule has 4 nitrogen and oxygen atoms in total.